The summed E-state index contributed by atoms with van der Waals surface area (Å²) in [4.78, 5) is 16.4. The summed E-state index contributed by atoms with van der Waals surface area (Å²) in [5, 5.41) is 10.8. The Morgan fingerprint density at radius 2 is 1.86 bits per heavy atom. The Labute approximate surface area is 204 Å². The first-order valence-corrected chi connectivity index (χ1v) is 11.6. The van der Waals surface area contributed by atoms with Gasteiger partial charge in [-0.15, -0.1) is 0 Å². The maximum atomic E-state index is 16.0. The maximum absolute atomic E-state index is 16.0. The molecule has 0 fully saturated rings. The van der Waals surface area contributed by atoms with Crippen molar-refractivity contribution >= 4 is 22.1 Å². The first-order valence-electron chi connectivity index (χ1n) is 11.6. The first-order chi connectivity index (χ1) is 17.6. The number of hydrogen-bond acceptors (Lipinski definition) is 5. The van der Waals surface area contributed by atoms with Gasteiger partial charge in [0, 0.05) is 47.4 Å². The Hall–Kier alpha value is -4.50. The van der Waals surface area contributed by atoms with Gasteiger partial charge in [-0.05, 0) is 42.4 Å². The molecule has 0 bridgehead atoms. The Morgan fingerprint density at radius 1 is 0.972 bits per heavy atom. The molecule has 0 saturated carbocycles. The normalized spacial score (nSPS) is 11.5. The fourth-order valence-corrected chi connectivity index (χ4v) is 4.39. The van der Waals surface area contributed by atoms with Crippen molar-refractivity contribution < 1.29 is 8.78 Å². The predicted molar refractivity (Wildman–Crippen MR) is 135 cm³/mol. The van der Waals surface area contributed by atoms with E-state index in [9.17, 15) is 4.39 Å². The molecule has 2 aromatic carbocycles. The molecule has 4 aromatic heterocycles. The Morgan fingerprint density at radius 3 is 2.72 bits per heavy atom. The van der Waals surface area contributed by atoms with Crippen LogP contribution in [0.15, 0.2) is 67.1 Å². The number of nitrogens with one attached hydrogen (secondary N) is 3. The summed E-state index contributed by atoms with van der Waals surface area (Å²) in [6.07, 6.45) is 4.99. The summed E-state index contributed by atoms with van der Waals surface area (Å²) < 4.78 is 30.5. The molecule has 0 radical (unpaired) electrons. The zero-order valence-electron chi connectivity index (χ0n) is 19.3. The summed E-state index contributed by atoms with van der Waals surface area (Å²) >= 11 is 0. The lowest BCUT2D eigenvalue weighted by molar-refractivity contribution is 0.631. The standard InChI is InChI=1S/C27H21F2N7/c1-2-30-12-15-11-16(14-31-13-15)17-7-8-21-22(23(17)29)25(36-35-21)27-33-24-19(9-10-32-26(24)34-27)18-5-3-4-6-20(18)28/h3-11,13-14,30H,2,12H2,1H3,(H,35,36)(H,32,33,34). The first kappa shape index (κ1) is 22.0. The highest BCUT2D eigenvalue weighted by molar-refractivity contribution is 5.98. The molecule has 0 aliphatic heterocycles. The fraction of sp³-hybridized carbons (Fsp3) is 0.111. The summed E-state index contributed by atoms with van der Waals surface area (Å²) in [5.41, 5.74) is 4.83. The molecule has 9 heteroatoms. The highest BCUT2D eigenvalue weighted by atomic mass is 19.1. The third kappa shape index (κ3) is 3.70. The van der Waals surface area contributed by atoms with E-state index in [-0.39, 0.29) is 5.82 Å². The van der Waals surface area contributed by atoms with Crippen LogP contribution >= 0.6 is 0 Å². The van der Waals surface area contributed by atoms with Gasteiger partial charge in [-0.3, -0.25) is 10.1 Å². The van der Waals surface area contributed by atoms with E-state index in [4.69, 9.17) is 0 Å². The predicted octanol–water partition coefficient (Wildman–Crippen LogP) is 5.62. The number of benzene rings is 2. The van der Waals surface area contributed by atoms with Gasteiger partial charge in [-0.25, -0.2) is 18.7 Å². The lowest BCUT2D eigenvalue weighted by Gasteiger charge is -2.07. The van der Waals surface area contributed by atoms with Crippen molar-refractivity contribution in [2.24, 2.45) is 0 Å². The monoisotopic (exact) mass is 481 g/mol. The lowest BCUT2D eigenvalue weighted by atomic mass is 10.0. The van der Waals surface area contributed by atoms with Crippen LogP contribution in [0.5, 0.6) is 0 Å². The van der Waals surface area contributed by atoms with E-state index < -0.39 is 5.82 Å². The molecule has 7 nitrogen and oxygen atoms in total. The summed E-state index contributed by atoms with van der Waals surface area (Å²) in [5.74, 6) is -0.454. The summed E-state index contributed by atoms with van der Waals surface area (Å²) in [6.45, 7) is 3.50. The van der Waals surface area contributed by atoms with Gasteiger partial charge in [0.05, 0.1) is 10.9 Å². The van der Waals surface area contributed by atoms with E-state index in [0.717, 1.165) is 12.1 Å². The molecule has 0 amide bonds. The number of rotatable bonds is 6. The molecule has 0 aliphatic rings. The van der Waals surface area contributed by atoms with E-state index in [1.807, 2.05) is 13.0 Å². The van der Waals surface area contributed by atoms with Gasteiger partial charge < -0.3 is 10.3 Å². The van der Waals surface area contributed by atoms with E-state index in [1.165, 1.54) is 6.07 Å². The second-order valence-corrected chi connectivity index (χ2v) is 8.41. The van der Waals surface area contributed by atoms with Crippen LogP contribution in [0.3, 0.4) is 0 Å². The topological polar surface area (TPSA) is 95.2 Å². The van der Waals surface area contributed by atoms with Gasteiger partial charge in [-0.1, -0.05) is 25.1 Å². The fourth-order valence-electron chi connectivity index (χ4n) is 4.39. The molecule has 0 aliphatic carbocycles. The van der Waals surface area contributed by atoms with Crippen LogP contribution in [-0.2, 0) is 6.54 Å². The van der Waals surface area contributed by atoms with E-state index >= 15 is 4.39 Å². The number of aromatic amines is 2. The number of halogens is 2. The van der Waals surface area contributed by atoms with Gasteiger partial charge in [0.25, 0.3) is 0 Å². The van der Waals surface area contributed by atoms with E-state index in [2.05, 4.69) is 35.5 Å². The minimum Gasteiger partial charge on any atom is -0.321 e. The molecule has 6 rings (SSSR count). The van der Waals surface area contributed by atoms with Gasteiger partial charge in [0.2, 0.25) is 0 Å². The van der Waals surface area contributed by atoms with Crippen molar-refractivity contribution in [1.29, 1.82) is 0 Å². The number of aromatic nitrogens is 6. The van der Waals surface area contributed by atoms with Crippen LogP contribution in [0.4, 0.5) is 8.78 Å². The van der Waals surface area contributed by atoms with E-state index in [1.54, 1.807) is 55.0 Å². The SMILES string of the molecule is CCNCc1cncc(-c2ccc3[nH]nc(-c4nc5c(-c6ccccc6F)ccnc5[nH]4)c3c2F)c1. The van der Waals surface area contributed by atoms with Gasteiger partial charge in [-0.2, -0.15) is 5.10 Å². The van der Waals surface area contributed by atoms with Crippen LogP contribution in [0, 0.1) is 11.6 Å². The number of pyridine rings is 2. The Bertz CT molecular complexity index is 1720. The maximum Gasteiger partial charge on any atom is 0.161 e. The molecule has 4 heterocycles. The van der Waals surface area contributed by atoms with Gasteiger partial charge in [0.15, 0.2) is 11.5 Å². The average Bonchev–Trinajstić information content (AvgIpc) is 3.53. The van der Waals surface area contributed by atoms with Crippen LogP contribution in [0.1, 0.15) is 12.5 Å². The summed E-state index contributed by atoms with van der Waals surface area (Å²) in [7, 11) is 0. The second-order valence-electron chi connectivity index (χ2n) is 8.41. The van der Waals surface area contributed by atoms with Crippen LogP contribution in [0.25, 0.3) is 55.8 Å². The van der Waals surface area contributed by atoms with Crippen molar-refractivity contribution in [2.45, 2.75) is 13.5 Å². The molecule has 0 unspecified atom stereocenters. The number of H-pyrrole nitrogens is 2. The largest absolute Gasteiger partial charge is 0.321 e. The molecule has 0 spiro atoms. The molecule has 6 aromatic rings. The molecule has 3 N–H and O–H groups in total. The molecular weight excluding hydrogens is 460 g/mol. The van der Waals surface area contributed by atoms with Crippen molar-refractivity contribution in [3.8, 4) is 33.8 Å². The smallest absolute Gasteiger partial charge is 0.161 e. The second kappa shape index (κ2) is 8.94. The number of hydrogen-bond donors (Lipinski definition) is 3. The minimum absolute atomic E-state index is 0.302. The lowest BCUT2D eigenvalue weighted by Crippen LogP contribution is -2.11. The zero-order chi connectivity index (χ0) is 24.6. The van der Waals surface area contributed by atoms with Gasteiger partial charge >= 0.3 is 0 Å². The van der Waals surface area contributed by atoms with Crippen molar-refractivity contribution in [2.75, 3.05) is 6.54 Å². The van der Waals surface area contributed by atoms with Crippen molar-refractivity contribution in [3.63, 3.8) is 0 Å². The Kier molecular flexibility index (Phi) is 5.46. The zero-order valence-corrected chi connectivity index (χ0v) is 19.3. The number of fused-ring (bicyclic) bond motifs is 2. The Balaban J connectivity index is 1.48. The van der Waals surface area contributed by atoms with Crippen LogP contribution in [-0.4, -0.2) is 36.7 Å². The third-order valence-electron chi connectivity index (χ3n) is 6.12. The van der Waals surface area contributed by atoms with Crippen LogP contribution < -0.4 is 5.32 Å². The van der Waals surface area contributed by atoms with Crippen LogP contribution in [0.2, 0.25) is 0 Å². The number of imidazole rings is 1. The highest BCUT2D eigenvalue weighted by Gasteiger charge is 2.21. The highest BCUT2D eigenvalue weighted by Crippen LogP contribution is 2.35. The molecule has 178 valence electrons. The molecule has 36 heavy (non-hydrogen) atoms. The van der Waals surface area contributed by atoms with Gasteiger partial charge in [0.1, 0.15) is 22.8 Å². The molecule has 0 atom stereocenters. The van der Waals surface area contributed by atoms with Crippen molar-refractivity contribution in [1.82, 2.24) is 35.5 Å². The average molecular weight is 482 g/mol. The quantitative estimate of drug-likeness (QED) is 0.287. The summed E-state index contributed by atoms with van der Waals surface area (Å²) in [6, 6.07) is 13.6. The van der Waals surface area contributed by atoms with Crippen molar-refractivity contribution in [3.05, 3.63) is 84.3 Å². The molecule has 0 saturated heterocycles. The number of nitrogens with zero attached hydrogens (tertiary/aromatic N) is 4. The third-order valence-corrected chi connectivity index (χ3v) is 6.12. The van der Waals surface area contributed by atoms with E-state index in [0.29, 0.717) is 62.4 Å². The minimum atomic E-state index is -0.429. The molecular formula is C27H21F2N7.